The number of carbonyl (C=O) groups excluding carboxylic acids is 2. The van der Waals surface area contributed by atoms with Crippen LogP contribution in [0.2, 0.25) is 5.02 Å². The van der Waals surface area contributed by atoms with E-state index in [-0.39, 0.29) is 16.8 Å². The van der Waals surface area contributed by atoms with E-state index in [2.05, 4.69) is 15.9 Å². The van der Waals surface area contributed by atoms with E-state index in [1.54, 1.807) is 11.8 Å². The average molecular weight is 376 g/mol. The van der Waals surface area contributed by atoms with E-state index in [0.717, 1.165) is 12.5 Å². The molecule has 7 heteroatoms. The van der Waals surface area contributed by atoms with Crippen LogP contribution in [0.3, 0.4) is 0 Å². The largest absolute Gasteiger partial charge is 0.329 e. The number of nitrogens with zero attached hydrogens (tertiary/aromatic N) is 2. The van der Waals surface area contributed by atoms with Crippen molar-refractivity contribution in [1.29, 1.82) is 0 Å². The number of anilines is 1. The molecule has 2 saturated heterocycles. The Morgan fingerprint density at radius 2 is 2.05 bits per heavy atom. The monoisotopic (exact) mass is 374 g/mol. The van der Waals surface area contributed by atoms with Crippen molar-refractivity contribution in [3.63, 3.8) is 0 Å². The van der Waals surface area contributed by atoms with Gasteiger partial charge in [0.15, 0.2) is 0 Å². The number of hydrogen-bond acceptors (Lipinski definition) is 2. The molecular formula is C14H13BrClFN2O2. The highest BCUT2D eigenvalue weighted by atomic mass is 79.9. The van der Waals surface area contributed by atoms with Crippen molar-refractivity contribution in [2.24, 2.45) is 0 Å². The second-order valence-electron chi connectivity index (χ2n) is 5.29. The molecule has 21 heavy (non-hydrogen) atoms. The van der Waals surface area contributed by atoms with Crippen molar-refractivity contribution in [2.45, 2.75) is 31.8 Å². The summed E-state index contributed by atoms with van der Waals surface area (Å²) in [7, 11) is 0. The molecule has 0 radical (unpaired) electrons. The number of rotatable bonds is 1. The zero-order valence-corrected chi connectivity index (χ0v) is 13.6. The summed E-state index contributed by atoms with van der Waals surface area (Å²) in [4.78, 5) is 28.2. The molecular weight excluding hydrogens is 363 g/mol. The van der Waals surface area contributed by atoms with Gasteiger partial charge >= 0.3 is 0 Å². The number of hydrogen-bond donors (Lipinski definition) is 0. The number of benzene rings is 1. The molecule has 0 saturated carbocycles. The smallest absolute Gasteiger partial charge is 0.250 e. The predicted molar refractivity (Wildman–Crippen MR) is 80.8 cm³/mol. The number of carbonyl (C=O) groups is 2. The van der Waals surface area contributed by atoms with Crippen molar-refractivity contribution >= 4 is 45.0 Å². The van der Waals surface area contributed by atoms with Gasteiger partial charge in [-0.05, 0) is 47.8 Å². The third-order valence-electron chi connectivity index (χ3n) is 4.03. The quantitative estimate of drug-likeness (QED) is 0.757. The molecule has 2 aliphatic heterocycles. The zero-order valence-electron chi connectivity index (χ0n) is 11.3. The first kappa shape index (κ1) is 14.8. The Morgan fingerprint density at radius 1 is 1.33 bits per heavy atom. The van der Waals surface area contributed by atoms with E-state index < -0.39 is 17.9 Å². The van der Waals surface area contributed by atoms with Gasteiger partial charge in [-0.25, -0.2) is 4.39 Å². The molecule has 2 amide bonds. The molecule has 0 spiro atoms. The van der Waals surface area contributed by atoms with Gasteiger partial charge in [0.25, 0.3) is 5.91 Å². The highest BCUT2D eigenvalue weighted by Crippen LogP contribution is 2.39. The van der Waals surface area contributed by atoms with Crippen LogP contribution in [0.5, 0.6) is 0 Å². The van der Waals surface area contributed by atoms with Crippen molar-refractivity contribution in [3.05, 3.63) is 27.4 Å². The van der Waals surface area contributed by atoms with E-state index in [0.29, 0.717) is 23.1 Å². The predicted octanol–water partition coefficient (Wildman–Crippen LogP) is 2.97. The first-order valence-electron chi connectivity index (χ1n) is 6.70. The van der Waals surface area contributed by atoms with Crippen LogP contribution in [0.25, 0.3) is 0 Å². The first-order valence-corrected chi connectivity index (χ1v) is 7.87. The highest BCUT2D eigenvalue weighted by Gasteiger charge is 2.47. The van der Waals surface area contributed by atoms with Crippen molar-refractivity contribution in [1.82, 2.24) is 4.90 Å². The number of halogens is 3. The van der Waals surface area contributed by atoms with Crippen LogP contribution in [0.4, 0.5) is 10.1 Å². The molecule has 4 nitrogen and oxygen atoms in total. The molecule has 1 aromatic rings. The van der Waals surface area contributed by atoms with E-state index in [9.17, 15) is 14.0 Å². The minimum absolute atomic E-state index is 0.0932. The topological polar surface area (TPSA) is 40.6 Å². The summed E-state index contributed by atoms with van der Waals surface area (Å²) in [5, 5.41) is 0.112. The average Bonchev–Trinajstić information content (AvgIpc) is 2.88. The van der Waals surface area contributed by atoms with Crippen LogP contribution < -0.4 is 4.90 Å². The summed E-state index contributed by atoms with van der Waals surface area (Å²) < 4.78 is 13.7. The van der Waals surface area contributed by atoms with E-state index >= 15 is 0 Å². The van der Waals surface area contributed by atoms with Crippen LogP contribution in [0, 0.1) is 5.82 Å². The Balaban J connectivity index is 2.09. The lowest BCUT2D eigenvalue weighted by Crippen LogP contribution is -2.62. The number of piperazine rings is 1. The van der Waals surface area contributed by atoms with E-state index in [1.807, 2.05) is 0 Å². The Morgan fingerprint density at radius 3 is 2.71 bits per heavy atom. The van der Waals surface area contributed by atoms with Crippen LogP contribution in [0.15, 0.2) is 16.6 Å². The maximum atomic E-state index is 13.4. The molecule has 3 rings (SSSR count). The molecule has 2 aliphatic rings. The maximum absolute atomic E-state index is 13.4. The molecule has 0 aromatic heterocycles. The van der Waals surface area contributed by atoms with Gasteiger partial charge in [0.1, 0.15) is 17.9 Å². The second kappa shape index (κ2) is 5.25. The fraction of sp³-hybridized carbons (Fsp3) is 0.429. The minimum Gasteiger partial charge on any atom is -0.329 e. The highest BCUT2D eigenvalue weighted by molar-refractivity contribution is 9.10. The first-order chi connectivity index (χ1) is 9.91. The van der Waals surface area contributed by atoms with Crippen molar-refractivity contribution < 1.29 is 14.0 Å². The van der Waals surface area contributed by atoms with E-state index in [4.69, 9.17) is 11.6 Å². The summed E-state index contributed by atoms with van der Waals surface area (Å²) in [5.74, 6) is -0.750. The van der Waals surface area contributed by atoms with Crippen molar-refractivity contribution in [2.75, 3.05) is 11.4 Å². The molecule has 0 bridgehead atoms. The third kappa shape index (κ3) is 2.25. The van der Waals surface area contributed by atoms with Gasteiger partial charge in [-0.1, -0.05) is 11.6 Å². The molecule has 0 aliphatic carbocycles. The van der Waals surface area contributed by atoms with E-state index in [1.165, 1.54) is 11.0 Å². The van der Waals surface area contributed by atoms with Crippen LogP contribution >= 0.6 is 27.5 Å². The molecule has 0 N–H and O–H groups in total. The third-order valence-corrected chi connectivity index (χ3v) is 4.92. The molecule has 2 heterocycles. The Kier molecular flexibility index (Phi) is 3.69. The van der Waals surface area contributed by atoms with Gasteiger partial charge in [0, 0.05) is 11.0 Å². The normalized spacial score (nSPS) is 25.5. The van der Waals surface area contributed by atoms with Crippen LogP contribution in [-0.4, -0.2) is 35.3 Å². The minimum atomic E-state index is -0.647. The lowest BCUT2D eigenvalue weighted by molar-refractivity contribution is -0.143. The number of amides is 2. The van der Waals surface area contributed by atoms with Gasteiger partial charge in [-0.3, -0.25) is 14.5 Å². The van der Waals surface area contributed by atoms with Gasteiger partial charge in [0.2, 0.25) is 5.91 Å². The fourth-order valence-electron chi connectivity index (χ4n) is 3.06. The Hall–Kier alpha value is -1.14. The van der Waals surface area contributed by atoms with Crippen LogP contribution in [-0.2, 0) is 9.59 Å². The standard InChI is InChI=1S/C14H13BrClFN2O2/c1-7-13(20)18-4-2-3-11(18)14(21)19(7)12-9(15)5-8(17)6-10(12)16/h5-7,11H,2-4H2,1H3. The summed E-state index contributed by atoms with van der Waals surface area (Å²) in [6.07, 6.45) is 1.48. The lowest BCUT2D eigenvalue weighted by Gasteiger charge is -2.41. The van der Waals surface area contributed by atoms with Crippen molar-refractivity contribution in [3.8, 4) is 0 Å². The second-order valence-corrected chi connectivity index (χ2v) is 6.55. The molecule has 112 valence electrons. The lowest BCUT2D eigenvalue weighted by atomic mass is 10.0. The van der Waals surface area contributed by atoms with Gasteiger partial charge in [-0.2, -0.15) is 0 Å². The Labute approximate surface area is 135 Å². The summed E-state index contributed by atoms with van der Waals surface area (Å²) in [6, 6.07) is 1.31. The van der Waals surface area contributed by atoms with Gasteiger partial charge in [-0.15, -0.1) is 0 Å². The fourth-order valence-corrected chi connectivity index (χ4v) is 4.09. The molecule has 2 unspecified atom stereocenters. The molecule has 2 fully saturated rings. The zero-order chi connectivity index (χ0) is 15.3. The summed E-state index contributed by atoms with van der Waals surface area (Å²) >= 11 is 9.34. The molecule has 2 atom stereocenters. The Bertz CT molecular complexity index is 616. The van der Waals surface area contributed by atoms with Crippen LogP contribution in [0.1, 0.15) is 19.8 Å². The summed E-state index contributed by atoms with van der Waals surface area (Å²) in [5.41, 5.74) is 0.357. The van der Waals surface area contributed by atoms with Gasteiger partial charge < -0.3 is 4.90 Å². The summed E-state index contributed by atoms with van der Waals surface area (Å²) in [6.45, 7) is 2.28. The van der Waals surface area contributed by atoms with Gasteiger partial charge in [0.05, 0.1) is 10.7 Å². The molecule has 1 aromatic carbocycles. The maximum Gasteiger partial charge on any atom is 0.250 e. The number of fused-ring (bicyclic) bond motifs is 1. The SMILES string of the molecule is CC1C(=O)N2CCCC2C(=O)N1c1c(Cl)cc(F)cc1Br.